The second-order valence-corrected chi connectivity index (χ2v) is 4.61. The monoisotopic (exact) mass is 250 g/mol. The third-order valence-corrected chi connectivity index (χ3v) is 3.57. The molecule has 0 bridgehead atoms. The lowest BCUT2D eigenvalue weighted by Gasteiger charge is -2.33. The highest BCUT2D eigenvalue weighted by atomic mass is 16.5. The van der Waals surface area contributed by atoms with Gasteiger partial charge in [0.15, 0.2) is 5.76 Å². The van der Waals surface area contributed by atoms with Crippen molar-refractivity contribution in [1.82, 2.24) is 9.80 Å². The predicted molar refractivity (Wildman–Crippen MR) is 60.9 cm³/mol. The highest BCUT2D eigenvalue weighted by Crippen LogP contribution is 2.23. The summed E-state index contributed by atoms with van der Waals surface area (Å²) < 4.78 is 10.6. The van der Waals surface area contributed by atoms with Gasteiger partial charge < -0.3 is 19.0 Å². The standard InChI is InChI=1S/C12H14N2O4/c1-13-8-5-14(6-10(8)18-7-11(13)15)12(16)9-3-2-4-17-9/h2-4,8,10H,5-7H2,1H3/t8-,10+/m1/s1. The van der Waals surface area contributed by atoms with Gasteiger partial charge >= 0.3 is 0 Å². The molecular weight excluding hydrogens is 236 g/mol. The molecule has 0 saturated carbocycles. The minimum Gasteiger partial charge on any atom is -0.459 e. The van der Waals surface area contributed by atoms with Crippen LogP contribution >= 0.6 is 0 Å². The van der Waals surface area contributed by atoms with E-state index in [9.17, 15) is 9.59 Å². The Morgan fingerprint density at radius 3 is 3.00 bits per heavy atom. The summed E-state index contributed by atoms with van der Waals surface area (Å²) >= 11 is 0. The maximum atomic E-state index is 12.1. The van der Waals surface area contributed by atoms with Gasteiger partial charge in [-0.05, 0) is 12.1 Å². The first-order chi connectivity index (χ1) is 8.66. The molecule has 96 valence electrons. The minimum atomic E-state index is -0.154. The lowest BCUT2D eigenvalue weighted by molar-refractivity contribution is -0.150. The van der Waals surface area contributed by atoms with E-state index in [0.717, 1.165) is 0 Å². The molecule has 1 aromatic heterocycles. The van der Waals surface area contributed by atoms with Crippen molar-refractivity contribution in [1.29, 1.82) is 0 Å². The van der Waals surface area contributed by atoms with E-state index in [0.29, 0.717) is 18.8 Å². The van der Waals surface area contributed by atoms with Crippen molar-refractivity contribution in [3.05, 3.63) is 24.2 Å². The molecule has 0 aromatic carbocycles. The molecule has 0 unspecified atom stereocenters. The summed E-state index contributed by atoms with van der Waals surface area (Å²) in [6, 6.07) is 3.27. The van der Waals surface area contributed by atoms with Crippen molar-refractivity contribution in [2.24, 2.45) is 0 Å². The van der Waals surface area contributed by atoms with Crippen LogP contribution in [0.25, 0.3) is 0 Å². The SMILES string of the molecule is CN1C(=O)CO[C@H]2CN(C(=O)c3ccco3)C[C@H]21. The molecule has 0 N–H and O–H groups in total. The number of ether oxygens (including phenoxy) is 1. The van der Waals surface area contributed by atoms with Crippen LogP contribution in [0.5, 0.6) is 0 Å². The molecule has 0 aliphatic carbocycles. The fourth-order valence-corrected chi connectivity index (χ4v) is 2.48. The fraction of sp³-hybridized carbons (Fsp3) is 0.500. The number of rotatable bonds is 1. The average Bonchev–Trinajstić information content (AvgIpc) is 3.01. The van der Waals surface area contributed by atoms with Crippen LogP contribution in [-0.2, 0) is 9.53 Å². The van der Waals surface area contributed by atoms with Crippen LogP contribution < -0.4 is 0 Å². The summed E-state index contributed by atoms with van der Waals surface area (Å²) in [5.74, 6) is 0.130. The number of fused-ring (bicyclic) bond motifs is 1. The van der Waals surface area contributed by atoms with Crippen LogP contribution in [-0.4, -0.2) is 60.5 Å². The average molecular weight is 250 g/mol. The van der Waals surface area contributed by atoms with Crippen LogP contribution in [0, 0.1) is 0 Å². The molecule has 3 heterocycles. The number of hydrogen-bond donors (Lipinski definition) is 0. The number of carbonyl (C=O) groups is 2. The summed E-state index contributed by atoms with van der Waals surface area (Å²) in [6.07, 6.45) is 1.38. The number of nitrogens with zero attached hydrogens (tertiary/aromatic N) is 2. The molecule has 0 radical (unpaired) electrons. The normalized spacial score (nSPS) is 27.5. The quantitative estimate of drug-likeness (QED) is 0.701. The van der Waals surface area contributed by atoms with E-state index in [1.54, 1.807) is 29.0 Å². The van der Waals surface area contributed by atoms with Gasteiger partial charge in [-0.3, -0.25) is 9.59 Å². The number of amides is 2. The van der Waals surface area contributed by atoms with Gasteiger partial charge in [-0.25, -0.2) is 0 Å². The van der Waals surface area contributed by atoms with Crippen molar-refractivity contribution in [3.63, 3.8) is 0 Å². The van der Waals surface area contributed by atoms with E-state index < -0.39 is 0 Å². The van der Waals surface area contributed by atoms with Gasteiger partial charge in [0.2, 0.25) is 5.91 Å². The Labute approximate surface area is 104 Å². The smallest absolute Gasteiger partial charge is 0.289 e. The van der Waals surface area contributed by atoms with Crippen molar-refractivity contribution in [3.8, 4) is 0 Å². The maximum Gasteiger partial charge on any atom is 0.289 e. The summed E-state index contributed by atoms with van der Waals surface area (Å²) in [5.41, 5.74) is 0. The lowest BCUT2D eigenvalue weighted by atomic mass is 10.1. The summed E-state index contributed by atoms with van der Waals surface area (Å²) in [6.45, 7) is 1.09. The minimum absolute atomic E-state index is 0.0384. The Morgan fingerprint density at radius 2 is 2.28 bits per heavy atom. The van der Waals surface area contributed by atoms with Crippen molar-refractivity contribution < 1.29 is 18.7 Å². The molecule has 2 amide bonds. The highest BCUT2D eigenvalue weighted by Gasteiger charge is 2.43. The van der Waals surface area contributed by atoms with E-state index in [1.807, 2.05) is 0 Å². The molecule has 2 aliphatic rings. The highest BCUT2D eigenvalue weighted by molar-refractivity contribution is 5.92. The van der Waals surface area contributed by atoms with Gasteiger partial charge in [-0.15, -0.1) is 0 Å². The van der Waals surface area contributed by atoms with Crippen LogP contribution in [0.4, 0.5) is 0 Å². The first-order valence-electron chi connectivity index (χ1n) is 5.87. The van der Waals surface area contributed by atoms with E-state index >= 15 is 0 Å². The maximum absolute atomic E-state index is 12.1. The molecule has 18 heavy (non-hydrogen) atoms. The second-order valence-electron chi connectivity index (χ2n) is 4.61. The third-order valence-electron chi connectivity index (χ3n) is 3.57. The first kappa shape index (κ1) is 11.3. The van der Waals surface area contributed by atoms with Crippen LogP contribution in [0.3, 0.4) is 0 Å². The molecule has 2 aliphatic heterocycles. The number of carbonyl (C=O) groups excluding carboxylic acids is 2. The topological polar surface area (TPSA) is 63.0 Å². The van der Waals surface area contributed by atoms with E-state index in [-0.39, 0.29) is 30.6 Å². The van der Waals surface area contributed by atoms with Gasteiger partial charge in [0.25, 0.3) is 5.91 Å². The van der Waals surface area contributed by atoms with E-state index in [1.165, 1.54) is 6.26 Å². The number of furan rings is 1. The molecule has 1 aromatic rings. The third kappa shape index (κ3) is 1.69. The van der Waals surface area contributed by atoms with E-state index in [4.69, 9.17) is 9.15 Å². The number of likely N-dealkylation sites (N-methyl/N-ethyl adjacent to an activating group) is 1. The zero-order valence-corrected chi connectivity index (χ0v) is 10.0. The zero-order valence-electron chi connectivity index (χ0n) is 10.0. The molecule has 0 spiro atoms. The molecule has 3 rings (SSSR count). The van der Waals surface area contributed by atoms with Gasteiger partial charge in [0.05, 0.1) is 18.4 Å². The molecule has 6 heteroatoms. The summed E-state index contributed by atoms with van der Waals surface area (Å²) in [5, 5.41) is 0. The number of likely N-dealkylation sites (tertiary alicyclic amines) is 1. The molecule has 2 saturated heterocycles. The van der Waals surface area contributed by atoms with Gasteiger partial charge in [0.1, 0.15) is 6.61 Å². The summed E-state index contributed by atoms with van der Waals surface area (Å²) in [7, 11) is 1.75. The van der Waals surface area contributed by atoms with Crippen molar-refractivity contribution in [2.45, 2.75) is 12.1 Å². The summed E-state index contributed by atoms with van der Waals surface area (Å²) in [4.78, 5) is 27.0. The predicted octanol–water partition coefficient (Wildman–Crippen LogP) is -0.0388. The largest absolute Gasteiger partial charge is 0.459 e. The Hall–Kier alpha value is -1.82. The van der Waals surface area contributed by atoms with Crippen LogP contribution in [0.15, 0.2) is 22.8 Å². The van der Waals surface area contributed by atoms with Crippen molar-refractivity contribution in [2.75, 3.05) is 26.7 Å². The Kier molecular flexibility index (Phi) is 2.59. The molecule has 2 fully saturated rings. The van der Waals surface area contributed by atoms with Gasteiger partial charge in [0, 0.05) is 20.1 Å². The molecular formula is C12H14N2O4. The van der Waals surface area contributed by atoms with Crippen LogP contribution in [0.2, 0.25) is 0 Å². The van der Waals surface area contributed by atoms with Crippen molar-refractivity contribution >= 4 is 11.8 Å². The Balaban J connectivity index is 1.75. The Bertz CT molecular complexity index is 470. The number of hydrogen-bond acceptors (Lipinski definition) is 4. The fourth-order valence-electron chi connectivity index (χ4n) is 2.48. The van der Waals surface area contributed by atoms with Gasteiger partial charge in [-0.1, -0.05) is 0 Å². The molecule has 6 nitrogen and oxygen atoms in total. The lowest BCUT2D eigenvalue weighted by Crippen LogP contribution is -2.51. The Morgan fingerprint density at radius 1 is 1.44 bits per heavy atom. The number of morpholine rings is 1. The van der Waals surface area contributed by atoms with Crippen LogP contribution in [0.1, 0.15) is 10.6 Å². The van der Waals surface area contributed by atoms with E-state index in [2.05, 4.69) is 0 Å². The zero-order chi connectivity index (χ0) is 12.7. The van der Waals surface area contributed by atoms with Gasteiger partial charge in [-0.2, -0.15) is 0 Å². The molecule has 2 atom stereocenters. The second kappa shape index (κ2) is 4.13. The first-order valence-corrected chi connectivity index (χ1v) is 5.87.